The second-order valence-corrected chi connectivity index (χ2v) is 6.14. The number of likely N-dealkylation sites (N-methyl/N-ethyl adjacent to an activating group) is 1. The highest BCUT2D eigenvalue weighted by Gasteiger charge is 2.17. The lowest BCUT2D eigenvalue weighted by Gasteiger charge is -2.29. The van der Waals surface area contributed by atoms with Crippen molar-refractivity contribution in [2.75, 3.05) is 25.6 Å². The molecule has 0 bridgehead atoms. The minimum Gasteiger partial charge on any atom is -0.497 e. The molecule has 128 valence electrons. The Balaban J connectivity index is 2.21. The van der Waals surface area contributed by atoms with Crippen molar-refractivity contribution in [1.82, 2.24) is 4.90 Å². The Morgan fingerprint density at radius 3 is 2.21 bits per heavy atom. The van der Waals surface area contributed by atoms with Crippen LogP contribution in [0.15, 0.2) is 54.6 Å². The van der Waals surface area contributed by atoms with Crippen molar-refractivity contribution in [3.8, 4) is 5.75 Å². The van der Waals surface area contributed by atoms with Crippen LogP contribution in [0, 0.1) is 0 Å². The van der Waals surface area contributed by atoms with Gasteiger partial charge in [0.2, 0.25) is 5.91 Å². The molecule has 0 saturated carbocycles. The van der Waals surface area contributed by atoms with Crippen LogP contribution in [0.3, 0.4) is 0 Å². The largest absolute Gasteiger partial charge is 0.497 e. The standard InChI is InChI=1S/C20H26N2O2/c1-16(2)21(3)20(23)15-22(14-17-8-6-5-7-9-17)18-10-12-19(24-4)13-11-18/h5-13,16H,14-15H2,1-4H3. The van der Waals surface area contributed by atoms with Crippen LogP contribution in [-0.2, 0) is 11.3 Å². The molecule has 0 aliphatic rings. The summed E-state index contributed by atoms with van der Waals surface area (Å²) in [5.41, 5.74) is 2.18. The van der Waals surface area contributed by atoms with Gasteiger partial charge in [-0.05, 0) is 43.7 Å². The summed E-state index contributed by atoms with van der Waals surface area (Å²) < 4.78 is 5.22. The molecule has 0 unspecified atom stereocenters. The van der Waals surface area contributed by atoms with Crippen LogP contribution in [0.25, 0.3) is 0 Å². The van der Waals surface area contributed by atoms with Gasteiger partial charge in [0, 0.05) is 25.3 Å². The van der Waals surface area contributed by atoms with Gasteiger partial charge in [-0.15, -0.1) is 0 Å². The van der Waals surface area contributed by atoms with Crippen LogP contribution < -0.4 is 9.64 Å². The first kappa shape index (κ1) is 17.9. The van der Waals surface area contributed by atoms with E-state index in [1.807, 2.05) is 63.4 Å². The first-order valence-electron chi connectivity index (χ1n) is 8.20. The molecule has 0 aromatic heterocycles. The molecular formula is C20H26N2O2. The second-order valence-electron chi connectivity index (χ2n) is 6.14. The zero-order chi connectivity index (χ0) is 17.5. The molecular weight excluding hydrogens is 300 g/mol. The maximum absolute atomic E-state index is 12.5. The van der Waals surface area contributed by atoms with Gasteiger partial charge in [0.1, 0.15) is 5.75 Å². The van der Waals surface area contributed by atoms with Gasteiger partial charge >= 0.3 is 0 Å². The monoisotopic (exact) mass is 326 g/mol. The lowest BCUT2D eigenvalue weighted by molar-refractivity contribution is -0.129. The number of benzene rings is 2. The number of methoxy groups -OCH3 is 1. The molecule has 4 nitrogen and oxygen atoms in total. The number of hydrogen-bond acceptors (Lipinski definition) is 3. The topological polar surface area (TPSA) is 32.8 Å². The molecule has 2 aromatic carbocycles. The number of carbonyl (C=O) groups is 1. The molecule has 0 saturated heterocycles. The van der Waals surface area contributed by atoms with Crippen molar-refractivity contribution < 1.29 is 9.53 Å². The summed E-state index contributed by atoms with van der Waals surface area (Å²) in [7, 11) is 3.50. The Kier molecular flexibility index (Phi) is 6.24. The fourth-order valence-corrected chi connectivity index (χ4v) is 2.40. The SMILES string of the molecule is COc1ccc(N(CC(=O)N(C)C(C)C)Cc2ccccc2)cc1. The summed E-state index contributed by atoms with van der Waals surface area (Å²) in [6.07, 6.45) is 0. The molecule has 0 N–H and O–H groups in total. The Hall–Kier alpha value is -2.49. The Labute approximate surface area is 144 Å². The number of hydrogen-bond donors (Lipinski definition) is 0. The molecule has 0 aliphatic carbocycles. The summed E-state index contributed by atoms with van der Waals surface area (Å²) in [5, 5.41) is 0. The van der Waals surface area contributed by atoms with Crippen molar-refractivity contribution in [3.63, 3.8) is 0 Å². The second kappa shape index (κ2) is 8.39. The fraction of sp³-hybridized carbons (Fsp3) is 0.350. The highest BCUT2D eigenvalue weighted by molar-refractivity contribution is 5.81. The number of amides is 1. The van der Waals surface area contributed by atoms with Crippen LogP contribution in [0.5, 0.6) is 5.75 Å². The van der Waals surface area contributed by atoms with E-state index >= 15 is 0 Å². The van der Waals surface area contributed by atoms with Crippen LogP contribution in [0.2, 0.25) is 0 Å². The zero-order valence-corrected chi connectivity index (χ0v) is 14.9. The third-order valence-corrected chi connectivity index (χ3v) is 4.15. The molecule has 2 rings (SSSR count). The van der Waals surface area contributed by atoms with E-state index in [4.69, 9.17) is 4.74 Å². The zero-order valence-electron chi connectivity index (χ0n) is 14.9. The molecule has 0 radical (unpaired) electrons. The fourth-order valence-electron chi connectivity index (χ4n) is 2.40. The summed E-state index contributed by atoms with van der Waals surface area (Å²) in [6, 6.07) is 18.2. The molecule has 0 heterocycles. The molecule has 2 aromatic rings. The molecule has 1 amide bonds. The number of rotatable bonds is 7. The maximum Gasteiger partial charge on any atom is 0.242 e. The van der Waals surface area contributed by atoms with Crippen LogP contribution >= 0.6 is 0 Å². The normalized spacial score (nSPS) is 10.5. The summed E-state index contributed by atoms with van der Waals surface area (Å²) >= 11 is 0. The Bertz CT molecular complexity index is 638. The van der Waals surface area contributed by atoms with Crippen molar-refractivity contribution in [2.45, 2.75) is 26.4 Å². The molecule has 0 fully saturated rings. The van der Waals surface area contributed by atoms with E-state index in [1.54, 1.807) is 12.0 Å². The predicted molar refractivity (Wildman–Crippen MR) is 98.4 cm³/mol. The Morgan fingerprint density at radius 2 is 1.67 bits per heavy atom. The number of ether oxygens (including phenoxy) is 1. The van der Waals surface area contributed by atoms with Crippen LogP contribution in [-0.4, -0.2) is 37.6 Å². The van der Waals surface area contributed by atoms with Gasteiger partial charge in [-0.1, -0.05) is 30.3 Å². The summed E-state index contributed by atoms with van der Waals surface area (Å²) in [4.78, 5) is 16.4. The van der Waals surface area contributed by atoms with E-state index < -0.39 is 0 Å². The van der Waals surface area contributed by atoms with E-state index in [-0.39, 0.29) is 11.9 Å². The van der Waals surface area contributed by atoms with E-state index in [0.29, 0.717) is 13.1 Å². The van der Waals surface area contributed by atoms with Crippen molar-refractivity contribution >= 4 is 11.6 Å². The van der Waals surface area contributed by atoms with Gasteiger partial charge < -0.3 is 14.5 Å². The van der Waals surface area contributed by atoms with Gasteiger partial charge in [0.25, 0.3) is 0 Å². The van der Waals surface area contributed by atoms with E-state index in [1.165, 1.54) is 5.56 Å². The molecule has 4 heteroatoms. The molecule has 24 heavy (non-hydrogen) atoms. The average Bonchev–Trinajstić information content (AvgIpc) is 2.61. The minimum absolute atomic E-state index is 0.108. The van der Waals surface area contributed by atoms with Crippen LogP contribution in [0.4, 0.5) is 5.69 Å². The van der Waals surface area contributed by atoms with E-state index in [0.717, 1.165) is 11.4 Å². The first-order chi connectivity index (χ1) is 11.5. The lowest BCUT2D eigenvalue weighted by Crippen LogP contribution is -2.41. The third kappa shape index (κ3) is 4.75. The van der Waals surface area contributed by atoms with E-state index in [9.17, 15) is 4.79 Å². The molecule has 0 atom stereocenters. The minimum atomic E-state index is 0.108. The quantitative estimate of drug-likeness (QED) is 0.780. The third-order valence-electron chi connectivity index (χ3n) is 4.15. The summed E-state index contributed by atoms with van der Waals surface area (Å²) in [5.74, 6) is 0.917. The summed E-state index contributed by atoms with van der Waals surface area (Å²) in [6.45, 7) is 5.07. The molecule has 0 spiro atoms. The van der Waals surface area contributed by atoms with Gasteiger partial charge in [-0.3, -0.25) is 4.79 Å². The van der Waals surface area contributed by atoms with Crippen molar-refractivity contribution in [1.29, 1.82) is 0 Å². The van der Waals surface area contributed by atoms with Crippen molar-refractivity contribution in [2.24, 2.45) is 0 Å². The number of carbonyl (C=O) groups excluding carboxylic acids is 1. The van der Waals surface area contributed by atoms with E-state index in [2.05, 4.69) is 17.0 Å². The predicted octanol–water partition coefficient (Wildman–Crippen LogP) is 3.57. The Morgan fingerprint density at radius 1 is 1.04 bits per heavy atom. The van der Waals surface area contributed by atoms with Crippen LogP contribution in [0.1, 0.15) is 19.4 Å². The number of anilines is 1. The lowest BCUT2D eigenvalue weighted by atomic mass is 10.2. The van der Waals surface area contributed by atoms with Crippen molar-refractivity contribution in [3.05, 3.63) is 60.2 Å². The first-order valence-corrected chi connectivity index (χ1v) is 8.20. The van der Waals surface area contributed by atoms with Gasteiger partial charge in [0.15, 0.2) is 0 Å². The van der Waals surface area contributed by atoms with Gasteiger partial charge in [0.05, 0.1) is 13.7 Å². The average molecular weight is 326 g/mol. The smallest absolute Gasteiger partial charge is 0.242 e. The highest BCUT2D eigenvalue weighted by atomic mass is 16.5. The van der Waals surface area contributed by atoms with Gasteiger partial charge in [-0.2, -0.15) is 0 Å². The molecule has 0 aliphatic heterocycles. The van der Waals surface area contributed by atoms with Gasteiger partial charge in [-0.25, -0.2) is 0 Å². The highest BCUT2D eigenvalue weighted by Crippen LogP contribution is 2.21. The maximum atomic E-state index is 12.5. The number of nitrogens with zero attached hydrogens (tertiary/aromatic N) is 2.